The van der Waals surface area contributed by atoms with Crippen LogP contribution in [0.5, 0.6) is 0 Å². The molecule has 0 amide bonds. The molecule has 1 N–H and O–H groups in total. The zero-order chi connectivity index (χ0) is 5.83. The highest BCUT2D eigenvalue weighted by molar-refractivity contribution is 5.30. The van der Waals surface area contributed by atoms with Gasteiger partial charge in [-0.3, -0.25) is 0 Å². The third-order valence-corrected chi connectivity index (χ3v) is 2.84. The van der Waals surface area contributed by atoms with E-state index in [1.54, 1.807) is 0 Å². The second-order valence-corrected chi connectivity index (χ2v) is 3.58. The Kier molecular flexibility index (Phi) is 0.583. The first-order chi connectivity index (χ1) is 3.66. The fourth-order valence-corrected chi connectivity index (χ4v) is 1.75. The molecule has 1 radical (unpaired) electrons. The molecular weight excluding hydrogens is 98.1 g/mol. The molecule has 0 spiro atoms. The number of nitrogens with one attached hydrogen (secondary N) is 1. The fraction of sp³-hybridized carbons (Fsp3) is 0.857. The van der Waals surface area contributed by atoms with Crippen LogP contribution < -0.4 is 5.32 Å². The third kappa shape index (κ3) is 0.334. The molecule has 1 heterocycles. The van der Waals surface area contributed by atoms with Gasteiger partial charge >= 0.3 is 0 Å². The summed E-state index contributed by atoms with van der Waals surface area (Å²) >= 11 is 0. The molecule has 0 unspecified atom stereocenters. The van der Waals surface area contributed by atoms with Gasteiger partial charge in [0.2, 0.25) is 0 Å². The van der Waals surface area contributed by atoms with E-state index in [1.807, 2.05) is 0 Å². The maximum absolute atomic E-state index is 3.37. The number of hydrogen-bond acceptors (Lipinski definition) is 1. The van der Waals surface area contributed by atoms with Crippen molar-refractivity contribution in [2.24, 2.45) is 10.8 Å². The molecule has 1 saturated carbocycles. The lowest BCUT2D eigenvalue weighted by molar-refractivity contribution is 0.494. The first-order valence-corrected chi connectivity index (χ1v) is 3.24. The van der Waals surface area contributed by atoms with Crippen molar-refractivity contribution in [3.05, 3.63) is 6.42 Å². The summed E-state index contributed by atoms with van der Waals surface area (Å²) in [6.45, 7) is 7.05. The predicted molar refractivity (Wildman–Crippen MR) is 33.4 cm³/mol. The van der Waals surface area contributed by atoms with Crippen LogP contribution in [0.25, 0.3) is 0 Å². The molecule has 0 bridgehead atoms. The Hall–Kier alpha value is -0.0400. The molecule has 1 heteroatoms. The van der Waals surface area contributed by atoms with Gasteiger partial charge in [-0.1, -0.05) is 13.8 Å². The van der Waals surface area contributed by atoms with E-state index in [4.69, 9.17) is 0 Å². The molecule has 8 heavy (non-hydrogen) atoms. The second kappa shape index (κ2) is 0.971. The SMILES string of the molecule is C[C@@]12[CH][C@]1(C)CNC2. The minimum absolute atomic E-state index is 0.562. The monoisotopic (exact) mass is 110 g/mol. The quantitative estimate of drug-likeness (QED) is 0.487. The van der Waals surface area contributed by atoms with E-state index in [0.717, 1.165) is 0 Å². The van der Waals surface area contributed by atoms with Gasteiger partial charge in [0.15, 0.2) is 0 Å². The van der Waals surface area contributed by atoms with Gasteiger partial charge < -0.3 is 5.32 Å². The Balaban J connectivity index is 2.26. The van der Waals surface area contributed by atoms with Crippen LogP contribution in [0.15, 0.2) is 0 Å². The molecule has 45 valence electrons. The van der Waals surface area contributed by atoms with Crippen LogP contribution >= 0.6 is 0 Å². The highest BCUT2D eigenvalue weighted by Crippen LogP contribution is 2.64. The minimum atomic E-state index is 0.562. The zero-order valence-corrected chi connectivity index (χ0v) is 5.49. The van der Waals surface area contributed by atoms with E-state index >= 15 is 0 Å². The molecule has 1 aliphatic carbocycles. The molecule has 0 aromatic heterocycles. The molecule has 0 aromatic rings. The van der Waals surface area contributed by atoms with Crippen molar-refractivity contribution in [1.29, 1.82) is 0 Å². The summed E-state index contributed by atoms with van der Waals surface area (Å²) in [6.07, 6.45) is 2.45. The summed E-state index contributed by atoms with van der Waals surface area (Å²) in [5, 5.41) is 3.37. The normalized spacial score (nSPS) is 60.8. The molecule has 1 saturated heterocycles. The van der Waals surface area contributed by atoms with Crippen molar-refractivity contribution in [3.63, 3.8) is 0 Å². The molecule has 0 aromatic carbocycles. The van der Waals surface area contributed by atoms with Gasteiger partial charge in [-0.25, -0.2) is 0 Å². The molecule has 2 rings (SSSR count). The second-order valence-electron chi connectivity index (χ2n) is 3.58. The standard InChI is InChI=1S/C7H12N/c1-6-3-7(6,2)5-8-4-6/h3,8H,4-5H2,1-2H3/t6-,7+. The number of hydrogen-bond donors (Lipinski definition) is 1. The van der Waals surface area contributed by atoms with Crippen LogP contribution in [-0.2, 0) is 0 Å². The summed E-state index contributed by atoms with van der Waals surface area (Å²) in [5.74, 6) is 0. The summed E-state index contributed by atoms with van der Waals surface area (Å²) < 4.78 is 0. The third-order valence-electron chi connectivity index (χ3n) is 2.84. The highest BCUT2D eigenvalue weighted by Gasteiger charge is 2.63. The van der Waals surface area contributed by atoms with Crippen LogP contribution in [-0.4, -0.2) is 13.1 Å². The van der Waals surface area contributed by atoms with Gasteiger partial charge in [-0.15, -0.1) is 0 Å². The summed E-state index contributed by atoms with van der Waals surface area (Å²) in [6, 6.07) is 0. The first kappa shape index (κ1) is 4.80. The molecule has 1 aliphatic heterocycles. The van der Waals surface area contributed by atoms with Crippen LogP contribution in [0.4, 0.5) is 0 Å². The summed E-state index contributed by atoms with van der Waals surface area (Å²) in [5.41, 5.74) is 1.12. The Bertz CT molecular complexity index is 110. The first-order valence-electron chi connectivity index (χ1n) is 3.24. The smallest absolute Gasteiger partial charge is 0.00142 e. The van der Waals surface area contributed by atoms with Crippen LogP contribution in [0, 0.1) is 17.3 Å². The lowest BCUT2D eigenvalue weighted by atomic mass is 10.0. The van der Waals surface area contributed by atoms with E-state index < -0.39 is 0 Å². The van der Waals surface area contributed by atoms with Gasteiger partial charge in [0.25, 0.3) is 0 Å². The Morgan fingerprint density at radius 2 is 1.75 bits per heavy atom. The van der Waals surface area contributed by atoms with Crippen molar-refractivity contribution in [3.8, 4) is 0 Å². The van der Waals surface area contributed by atoms with Crippen LogP contribution in [0.2, 0.25) is 0 Å². The van der Waals surface area contributed by atoms with Gasteiger partial charge in [0.1, 0.15) is 0 Å². The summed E-state index contributed by atoms with van der Waals surface area (Å²) in [4.78, 5) is 0. The predicted octanol–water partition coefficient (Wildman–Crippen LogP) is 0.820. The van der Waals surface area contributed by atoms with Crippen molar-refractivity contribution in [2.75, 3.05) is 13.1 Å². The maximum Gasteiger partial charge on any atom is 0.00142 e. The number of piperidine rings is 1. The fourth-order valence-electron chi connectivity index (χ4n) is 1.75. The molecule has 2 atom stereocenters. The molecular formula is C7H12N. The van der Waals surface area contributed by atoms with Gasteiger partial charge in [-0.05, 0) is 17.3 Å². The Morgan fingerprint density at radius 1 is 1.25 bits per heavy atom. The van der Waals surface area contributed by atoms with Crippen LogP contribution in [0.1, 0.15) is 13.8 Å². The van der Waals surface area contributed by atoms with Crippen molar-refractivity contribution >= 4 is 0 Å². The lowest BCUT2D eigenvalue weighted by Gasteiger charge is -2.01. The topological polar surface area (TPSA) is 12.0 Å². The van der Waals surface area contributed by atoms with Crippen molar-refractivity contribution in [2.45, 2.75) is 13.8 Å². The summed E-state index contributed by atoms with van der Waals surface area (Å²) in [7, 11) is 0. The molecule has 2 aliphatic rings. The van der Waals surface area contributed by atoms with E-state index in [2.05, 4.69) is 25.6 Å². The maximum atomic E-state index is 3.37. The van der Waals surface area contributed by atoms with E-state index in [1.165, 1.54) is 13.1 Å². The average molecular weight is 110 g/mol. The molecule has 2 fully saturated rings. The van der Waals surface area contributed by atoms with Crippen molar-refractivity contribution < 1.29 is 0 Å². The number of rotatable bonds is 0. The molecule has 1 nitrogen and oxygen atoms in total. The lowest BCUT2D eigenvalue weighted by Crippen LogP contribution is -2.15. The zero-order valence-electron chi connectivity index (χ0n) is 5.49. The van der Waals surface area contributed by atoms with Gasteiger partial charge in [-0.2, -0.15) is 0 Å². The highest BCUT2D eigenvalue weighted by atomic mass is 15.0. The van der Waals surface area contributed by atoms with E-state index in [-0.39, 0.29) is 0 Å². The van der Waals surface area contributed by atoms with Crippen molar-refractivity contribution in [1.82, 2.24) is 5.32 Å². The van der Waals surface area contributed by atoms with Crippen LogP contribution in [0.3, 0.4) is 0 Å². The Labute approximate surface area is 50.5 Å². The van der Waals surface area contributed by atoms with Gasteiger partial charge in [0.05, 0.1) is 0 Å². The van der Waals surface area contributed by atoms with Gasteiger partial charge in [0, 0.05) is 13.1 Å². The minimum Gasteiger partial charge on any atom is -0.316 e. The number of fused-ring (bicyclic) bond motifs is 1. The average Bonchev–Trinajstić information content (AvgIpc) is 2.00. The Morgan fingerprint density at radius 3 is 1.88 bits per heavy atom. The van der Waals surface area contributed by atoms with E-state index in [9.17, 15) is 0 Å². The van der Waals surface area contributed by atoms with E-state index in [0.29, 0.717) is 10.8 Å². The largest absolute Gasteiger partial charge is 0.316 e.